The first-order chi connectivity index (χ1) is 53.3. The topological polar surface area (TPSA) is 237 Å². The van der Waals surface area contributed by atoms with Crippen LogP contribution in [-0.4, -0.2) is 96.7 Å². The third-order valence-corrected chi connectivity index (χ3v) is 23.6. The van der Waals surface area contributed by atoms with Gasteiger partial charge in [0.2, 0.25) is 0 Å². The molecule has 0 aromatic heterocycles. The summed E-state index contributed by atoms with van der Waals surface area (Å²) in [7, 11) is -9.94. The molecule has 0 aliphatic rings. The Morgan fingerprint density at radius 1 is 0.264 bits per heavy atom. The van der Waals surface area contributed by atoms with E-state index in [-0.39, 0.29) is 25.7 Å². The second-order valence-corrected chi connectivity index (χ2v) is 36.8. The van der Waals surface area contributed by atoms with E-state index in [1.54, 1.807) is 0 Å². The van der Waals surface area contributed by atoms with Crippen molar-refractivity contribution in [2.45, 2.75) is 503 Å². The van der Waals surface area contributed by atoms with E-state index in [0.29, 0.717) is 25.7 Å². The predicted octanol–water partition coefficient (Wildman–Crippen LogP) is 28.0. The van der Waals surface area contributed by atoms with Gasteiger partial charge in [0.1, 0.15) is 19.3 Å². The second-order valence-electron chi connectivity index (χ2n) is 33.9. The predicted molar refractivity (Wildman–Crippen MR) is 455 cm³/mol. The number of phosphoric acid groups is 2. The molecule has 0 heterocycles. The average Bonchev–Trinajstić information content (AvgIpc) is 0.900. The maximum absolute atomic E-state index is 13.2. The first kappa shape index (κ1) is 108. The highest BCUT2D eigenvalue weighted by molar-refractivity contribution is 7.47. The molecule has 0 bridgehead atoms. The quantitative estimate of drug-likeness (QED) is 0.0222. The fourth-order valence-corrected chi connectivity index (χ4v) is 15.8. The monoisotopic (exact) mass is 1610 g/mol. The summed E-state index contributed by atoms with van der Waals surface area (Å²) in [6.45, 7) is 12.1. The van der Waals surface area contributed by atoms with Gasteiger partial charge in [0.15, 0.2) is 12.2 Å². The van der Waals surface area contributed by atoms with Gasteiger partial charge in [-0.05, 0) is 43.4 Å². The minimum absolute atomic E-state index is 0.107. The van der Waals surface area contributed by atoms with E-state index >= 15 is 0 Å². The van der Waals surface area contributed by atoms with E-state index < -0.39 is 97.5 Å². The molecule has 17 nitrogen and oxygen atoms in total. The smallest absolute Gasteiger partial charge is 0.462 e. The van der Waals surface area contributed by atoms with Gasteiger partial charge in [0.25, 0.3) is 0 Å². The van der Waals surface area contributed by atoms with Crippen molar-refractivity contribution in [2.24, 2.45) is 17.8 Å². The molecule has 0 radical (unpaired) electrons. The summed E-state index contributed by atoms with van der Waals surface area (Å²) >= 11 is 0. The number of rotatable bonds is 89. The van der Waals surface area contributed by atoms with Gasteiger partial charge in [-0.25, -0.2) is 9.13 Å². The minimum Gasteiger partial charge on any atom is -0.462 e. The minimum atomic E-state index is -4.97. The maximum atomic E-state index is 13.2. The third kappa shape index (κ3) is 82.6. The number of aliphatic hydroxyl groups excluding tert-OH is 1. The summed E-state index contributed by atoms with van der Waals surface area (Å²) in [5.74, 6) is 0.292. The number of aliphatic hydroxyl groups is 1. The molecule has 0 aliphatic heterocycles. The van der Waals surface area contributed by atoms with Gasteiger partial charge in [-0.2, -0.15) is 0 Å². The van der Waals surface area contributed by atoms with Gasteiger partial charge in [-0.3, -0.25) is 37.3 Å². The molecule has 654 valence electrons. The molecule has 0 rings (SSSR count). The zero-order valence-corrected chi connectivity index (χ0v) is 74.5. The molecule has 19 heteroatoms. The fraction of sp³-hybridized carbons (Fsp3) is 0.956. The Hall–Kier alpha value is -1.94. The summed E-state index contributed by atoms with van der Waals surface area (Å²) in [5, 5.41) is 10.7. The van der Waals surface area contributed by atoms with Gasteiger partial charge in [0.05, 0.1) is 26.4 Å². The van der Waals surface area contributed by atoms with Gasteiger partial charge < -0.3 is 33.8 Å². The van der Waals surface area contributed by atoms with Crippen LogP contribution in [0.3, 0.4) is 0 Å². The van der Waals surface area contributed by atoms with E-state index in [1.165, 1.54) is 295 Å². The van der Waals surface area contributed by atoms with Crippen molar-refractivity contribution in [3.05, 3.63) is 0 Å². The maximum Gasteiger partial charge on any atom is 0.472 e. The highest BCUT2D eigenvalue weighted by atomic mass is 31.2. The third-order valence-electron chi connectivity index (χ3n) is 21.7. The van der Waals surface area contributed by atoms with Gasteiger partial charge in [-0.1, -0.05) is 434 Å². The van der Waals surface area contributed by atoms with Crippen LogP contribution in [0.1, 0.15) is 485 Å². The molecule has 0 amide bonds. The van der Waals surface area contributed by atoms with Crippen molar-refractivity contribution < 1.29 is 80.2 Å². The molecule has 0 saturated carbocycles. The number of hydrogen-bond donors (Lipinski definition) is 3. The normalized spacial score (nSPS) is 14.0. The lowest BCUT2D eigenvalue weighted by atomic mass is 9.99. The number of unbranched alkanes of at least 4 members (excludes halogenated alkanes) is 56. The Labute approximate surface area is 677 Å². The zero-order valence-electron chi connectivity index (χ0n) is 72.7. The molecule has 0 aliphatic carbocycles. The summed E-state index contributed by atoms with van der Waals surface area (Å²) in [6, 6.07) is 0. The standard InChI is InChI=1S/C91H178O17P2/c1-8-10-11-12-13-14-15-16-17-18-19-20-21-25-28-31-37-44-51-58-65-72-88(93)101-78-86(107-90(95)74-67-60-53-45-38-32-29-26-23-22-24-27-30-36-43-50-57-64-71-84(7)9-2)80-105-109(97,98)103-76-85(92)77-104-110(99,100)106-81-87(79-102-89(94)73-66-59-52-47-40-42-49-56-63-70-83(5)6)108-91(96)75-68-61-54-46-39-34-33-35-41-48-55-62-69-82(3)4/h82-87,92H,8-81H2,1-7H3,(H,97,98)(H,99,100)/t84?,85-,86-,87-/m1/s1. The highest BCUT2D eigenvalue weighted by Crippen LogP contribution is 2.45. The molecule has 3 N–H and O–H groups in total. The first-order valence-corrected chi connectivity index (χ1v) is 49.9. The lowest BCUT2D eigenvalue weighted by Crippen LogP contribution is -2.30. The van der Waals surface area contributed by atoms with Crippen molar-refractivity contribution in [2.75, 3.05) is 39.6 Å². The van der Waals surface area contributed by atoms with Crippen LogP contribution in [0.2, 0.25) is 0 Å². The Bertz CT molecular complexity index is 2120. The number of hydrogen-bond acceptors (Lipinski definition) is 15. The van der Waals surface area contributed by atoms with Crippen LogP contribution in [0.25, 0.3) is 0 Å². The molecule has 0 aromatic carbocycles. The Morgan fingerprint density at radius 2 is 0.464 bits per heavy atom. The molecule has 110 heavy (non-hydrogen) atoms. The van der Waals surface area contributed by atoms with Crippen LogP contribution in [0, 0.1) is 17.8 Å². The van der Waals surface area contributed by atoms with Crippen LogP contribution in [0.15, 0.2) is 0 Å². The van der Waals surface area contributed by atoms with Crippen LogP contribution < -0.4 is 0 Å². The van der Waals surface area contributed by atoms with E-state index in [4.69, 9.17) is 37.0 Å². The molecule has 0 fully saturated rings. The van der Waals surface area contributed by atoms with E-state index in [0.717, 1.165) is 108 Å². The Kier molecular flexibility index (Phi) is 79.4. The molecule has 0 saturated heterocycles. The van der Waals surface area contributed by atoms with Crippen LogP contribution in [-0.2, 0) is 65.4 Å². The van der Waals surface area contributed by atoms with E-state index in [9.17, 15) is 43.2 Å². The number of carbonyl (C=O) groups excluding carboxylic acids is 4. The summed E-state index contributed by atoms with van der Waals surface area (Å²) in [6.07, 6.45) is 73.7. The molecule has 0 spiro atoms. The lowest BCUT2D eigenvalue weighted by molar-refractivity contribution is -0.161. The van der Waals surface area contributed by atoms with Crippen molar-refractivity contribution >= 4 is 39.5 Å². The number of ether oxygens (including phenoxy) is 4. The van der Waals surface area contributed by atoms with E-state index in [2.05, 4.69) is 48.5 Å². The Balaban J connectivity index is 5.24. The fourth-order valence-electron chi connectivity index (χ4n) is 14.2. The largest absolute Gasteiger partial charge is 0.472 e. The number of esters is 4. The van der Waals surface area contributed by atoms with Crippen molar-refractivity contribution in [3.63, 3.8) is 0 Å². The molecule has 3 unspecified atom stereocenters. The van der Waals surface area contributed by atoms with Crippen molar-refractivity contribution in [1.29, 1.82) is 0 Å². The zero-order chi connectivity index (χ0) is 80.8. The summed E-state index contributed by atoms with van der Waals surface area (Å²) in [4.78, 5) is 73.4. The van der Waals surface area contributed by atoms with Gasteiger partial charge in [0, 0.05) is 25.7 Å². The van der Waals surface area contributed by atoms with Crippen molar-refractivity contribution in [1.82, 2.24) is 0 Å². The first-order valence-electron chi connectivity index (χ1n) is 46.9. The summed E-state index contributed by atoms with van der Waals surface area (Å²) < 4.78 is 69.1. The molecule has 0 aromatic rings. The number of carbonyl (C=O) groups is 4. The van der Waals surface area contributed by atoms with Crippen LogP contribution in [0.5, 0.6) is 0 Å². The average molecular weight is 1610 g/mol. The lowest BCUT2D eigenvalue weighted by Gasteiger charge is -2.21. The highest BCUT2D eigenvalue weighted by Gasteiger charge is 2.31. The SMILES string of the molecule is CCCCCCCCCCCCCCCCCCCCCCCC(=O)OC[C@H](COP(=O)(O)OC[C@@H](O)COP(=O)(O)OC[C@@H](COC(=O)CCCCCCCCCCCC(C)C)OC(=O)CCCCCCCCCCCCCCC(C)C)OC(=O)CCCCCCCCCCCCCCCCCCCCC(C)CC. The Morgan fingerprint density at radius 3 is 0.691 bits per heavy atom. The van der Waals surface area contributed by atoms with E-state index in [1.807, 2.05) is 0 Å². The second kappa shape index (κ2) is 80.8. The van der Waals surface area contributed by atoms with Crippen molar-refractivity contribution in [3.8, 4) is 0 Å². The number of phosphoric ester groups is 2. The van der Waals surface area contributed by atoms with Gasteiger partial charge in [-0.15, -0.1) is 0 Å². The van der Waals surface area contributed by atoms with Crippen LogP contribution in [0.4, 0.5) is 0 Å². The summed E-state index contributed by atoms with van der Waals surface area (Å²) in [5.41, 5.74) is 0. The van der Waals surface area contributed by atoms with Gasteiger partial charge >= 0.3 is 39.5 Å². The van der Waals surface area contributed by atoms with Crippen LogP contribution >= 0.6 is 15.6 Å². The molecule has 6 atom stereocenters. The molecular formula is C91H178O17P2. The molecular weight excluding hydrogens is 1430 g/mol.